The molecule has 1 aromatic rings. The Bertz CT molecular complexity index is 515. The predicted molar refractivity (Wildman–Crippen MR) is 80.6 cm³/mol. The first-order chi connectivity index (χ1) is 9.77. The third-order valence-corrected chi connectivity index (χ3v) is 4.44. The molecule has 1 saturated heterocycles. The Balaban J connectivity index is 2.22. The zero-order valence-corrected chi connectivity index (χ0v) is 12.3. The molecule has 108 valence electrons. The summed E-state index contributed by atoms with van der Waals surface area (Å²) >= 11 is 1.40. The summed E-state index contributed by atoms with van der Waals surface area (Å²) in [4.78, 5) is 15.2. The summed E-state index contributed by atoms with van der Waals surface area (Å²) in [6, 6.07) is 1.79. The Morgan fingerprint density at radius 2 is 2.35 bits per heavy atom. The predicted octanol–water partition coefficient (Wildman–Crippen LogP) is 1.44. The van der Waals surface area contributed by atoms with E-state index in [1.54, 1.807) is 0 Å². The van der Waals surface area contributed by atoms with Crippen LogP contribution in [-0.2, 0) is 0 Å². The maximum atomic E-state index is 12.7. The van der Waals surface area contributed by atoms with Gasteiger partial charge in [0.1, 0.15) is 4.88 Å². The lowest BCUT2D eigenvalue weighted by Crippen LogP contribution is -2.42. The highest BCUT2D eigenvalue weighted by molar-refractivity contribution is 7.12. The van der Waals surface area contributed by atoms with Gasteiger partial charge in [-0.1, -0.05) is 24.7 Å². The van der Waals surface area contributed by atoms with E-state index >= 15 is 0 Å². The maximum absolute atomic E-state index is 12.7. The van der Waals surface area contributed by atoms with E-state index in [2.05, 4.69) is 11.8 Å². The number of aliphatic hydroxyl groups excluding tert-OH is 1. The van der Waals surface area contributed by atoms with Crippen molar-refractivity contribution in [1.29, 1.82) is 0 Å². The van der Waals surface area contributed by atoms with Crippen molar-refractivity contribution in [1.82, 2.24) is 4.90 Å². The fourth-order valence-electron chi connectivity index (χ4n) is 2.48. The fraction of sp³-hybridized carbons (Fsp3) is 0.533. The van der Waals surface area contributed by atoms with Crippen LogP contribution >= 0.6 is 11.3 Å². The van der Waals surface area contributed by atoms with Gasteiger partial charge in [-0.25, -0.2) is 0 Å². The number of nitrogens with zero attached hydrogens (tertiary/aromatic N) is 1. The summed E-state index contributed by atoms with van der Waals surface area (Å²) in [5, 5.41) is 11.4. The van der Waals surface area contributed by atoms with Crippen molar-refractivity contribution in [2.24, 2.45) is 5.73 Å². The largest absolute Gasteiger partial charge is 0.394 e. The van der Waals surface area contributed by atoms with E-state index in [4.69, 9.17) is 5.73 Å². The molecule has 0 bridgehead atoms. The number of aliphatic hydroxyl groups is 1. The molecule has 1 amide bonds. The Morgan fingerprint density at radius 3 is 3.10 bits per heavy atom. The first kappa shape index (κ1) is 15.0. The number of carbonyl (C=O) groups is 1. The third-order valence-electron chi connectivity index (χ3n) is 3.53. The van der Waals surface area contributed by atoms with Gasteiger partial charge in [-0.05, 0) is 24.3 Å². The first-order valence-corrected chi connectivity index (χ1v) is 7.84. The highest BCUT2D eigenvalue weighted by Crippen LogP contribution is 2.23. The Labute approximate surface area is 123 Å². The van der Waals surface area contributed by atoms with E-state index in [9.17, 15) is 9.90 Å². The van der Waals surface area contributed by atoms with Crippen LogP contribution in [0.5, 0.6) is 0 Å². The van der Waals surface area contributed by atoms with Gasteiger partial charge in [0.15, 0.2) is 0 Å². The van der Waals surface area contributed by atoms with Crippen LogP contribution < -0.4 is 5.73 Å². The fourth-order valence-corrected chi connectivity index (χ4v) is 3.29. The van der Waals surface area contributed by atoms with Crippen molar-refractivity contribution in [2.75, 3.05) is 19.7 Å². The summed E-state index contributed by atoms with van der Waals surface area (Å²) in [7, 11) is 0. The Morgan fingerprint density at radius 1 is 1.50 bits per heavy atom. The molecule has 1 unspecified atom stereocenters. The van der Waals surface area contributed by atoms with Crippen molar-refractivity contribution in [3.63, 3.8) is 0 Å². The standard InChI is InChI=1S/C15H20N2O2S/c16-8-4-5-12-7-10-20-14(12)15(19)17-9-3-1-2-6-13(17)11-18/h7,10,13,18H,1-3,6,8-9,11,16H2. The molecule has 0 radical (unpaired) electrons. The maximum Gasteiger partial charge on any atom is 0.265 e. The minimum absolute atomic E-state index is 0.0118. The zero-order chi connectivity index (χ0) is 14.4. The first-order valence-electron chi connectivity index (χ1n) is 6.96. The smallest absolute Gasteiger partial charge is 0.265 e. The summed E-state index contributed by atoms with van der Waals surface area (Å²) in [5.74, 6) is 5.73. The number of likely N-dealkylation sites (tertiary alicyclic amines) is 1. The number of hydrogen-bond donors (Lipinski definition) is 2. The quantitative estimate of drug-likeness (QED) is 0.811. The monoisotopic (exact) mass is 292 g/mol. The minimum Gasteiger partial charge on any atom is -0.394 e. The molecule has 2 rings (SSSR count). The molecule has 5 heteroatoms. The van der Waals surface area contributed by atoms with Gasteiger partial charge in [0.05, 0.1) is 19.2 Å². The third kappa shape index (κ3) is 3.40. The highest BCUT2D eigenvalue weighted by atomic mass is 32.1. The lowest BCUT2D eigenvalue weighted by Gasteiger charge is -2.28. The van der Waals surface area contributed by atoms with E-state index in [1.807, 2.05) is 16.3 Å². The topological polar surface area (TPSA) is 66.6 Å². The lowest BCUT2D eigenvalue weighted by atomic mass is 10.1. The van der Waals surface area contributed by atoms with Gasteiger partial charge < -0.3 is 15.7 Å². The van der Waals surface area contributed by atoms with Crippen LogP contribution in [-0.4, -0.2) is 41.7 Å². The number of rotatable bonds is 2. The van der Waals surface area contributed by atoms with Crippen LogP contribution in [0.1, 0.15) is 40.9 Å². The minimum atomic E-state index is -0.0672. The molecule has 0 spiro atoms. The zero-order valence-electron chi connectivity index (χ0n) is 11.5. The van der Waals surface area contributed by atoms with Crippen molar-refractivity contribution in [3.05, 3.63) is 21.9 Å². The van der Waals surface area contributed by atoms with Crippen LogP contribution in [0.15, 0.2) is 11.4 Å². The number of nitrogens with two attached hydrogens (primary N) is 1. The molecule has 2 heterocycles. The van der Waals surface area contributed by atoms with E-state index in [0.29, 0.717) is 11.4 Å². The second kappa shape index (κ2) is 7.44. The second-order valence-corrected chi connectivity index (χ2v) is 5.77. The summed E-state index contributed by atoms with van der Waals surface area (Å²) in [6.45, 7) is 1.03. The van der Waals surface area contributed by atoms with Gasteiger partial charge in [0.2, 0.25) is 0 Å². The molecule has 0 saturated carbocycles. The Kier molecular flexibility index (Phi) is 5.60. The van der Waals surface area contributed by atoms with Crippen LogP contribution in [0, 0.1) is 11.8 Å². The molecule has 0 aliphatic carbocycles. The molecule has 1 atom stereocenters. The molecule has 3 N–H and O–H groups in total. The van der Waals surface area contributed by atoms with Gasteiger partial charge in [-0.15, -0.1) is 11.3 Å². The Hall–Kier alpha value is -1.35. The van der Waals surface area contributed by atoms with Gasteiger partial charge in [0.25, 0.3) is 5.91 Å². The molecule has 1 aromatic heterocycles. The van der Waals surface area contributed by atoms with Crippen molar-refractivity contribution >= 4 is 17.2 Å². The lowest BCUT2D eigenvalue weighted by molar-refractivity contribution is 0.0604. The van der Waals surface area contributed by atoms with Crippen molar-refractivity contribution in [3.8, 4) is 11.8 Å². The average Bonchev–Trinajstić information content (AvgIpc) is 2.80. The van der Waals surface area contributed by atoms with Crippen LogP contribution in [0.3, 0.4) is 0 Å². The van der Waals surface area contributed by atoms with Gasteiger partial charge in [-0.3, -0.25) is 4.79 Å². The highest BCUT2D eigenvalue weighted by Gasteiger charge is 2.27. The van der Waals surface area contributed by atoms with Crippen LogP contribution in [0.4, 0.5) is 0 Å². The average molecular weight is 292 g/mol. The molecule has 20 heavy (non-hydrogen) atoms. The number of carbonyl (C=O) groups excluding carboxylic acids is 1. The summed E-state index contributed by atoms with van der Waals surface area (Å²) in [6.07, 6.45) is 4.05. The van der Waals surface area contributed by atoms with E-state index in [0.717, 1.165) is 31.2 Å². The van der Waals surface area contributed by atoms with Crippen molar-refractivity contribution < 1.29 is 9.90 Å². The van der Waals surface area contributed by atoms with Gasteiger partial charge >= 0.3 is 0 Å². The second-order valence-electron chi connectivity index (χ2n) is 4.85. The van der Waals surface area contributed by atoms with Crippen LogP contribution in [0.25, 0.3) is 0 Å². The normalized spacial score (nSPS) is 19.1. The molecule has 1 aliphatic rings. The van der Waals surface area contributed by atoms with E-state index in [-0.39, 0.29) is 25.1 Å². The molecule has 4 nitrogen and oxygen atoms in total. The number of thiophene rings is 1. The van der Waals surface area contributed by atoms with Gasteiger partial charge in [-0.2, -0.15) is 0 Å². The van der Waals surface area contributed by atoms with Crippen molar-refractivity contribution in [2.45, 2.75) is 31.7 Å². The SMILES string of the molecule is NCC#Cc1ccsc1C(=O)N1CCCCCC1CO. The summed E-state index contributed by atoms with van der Waals surface area (Å²) in [5.41, 5.74) is 6.12. The summed E-state index contributed by atoms with van der Waals surface area (Å²) < 4.78 is 0. The molecule has 1 fully saturated rings. The van der Waals surface area contributed by atoms with Crippen LogP contribution in [0.2, 0.25) is 0 Å². The molecular formula is C15H20N2O2S. The number of amides is 1. The molecular weight excluding hydrogens is 272 g/mol. The van der Waals surface area contributed by atoms with E-state index < -0.39 is 0 Å². The molecule has 1 aliphatic heterocycles. The molecule has 0 aromatic carbocycles. The number of hydrogen-bond acceptors (Lipinski definition) is 4. The van der Waals surface area contributed by atoms with Gasteiger partial charge in [0, 0.05) is 12.1 Å². The van der Waals surface area contributed by atoms with E-state index in [1.165, 1.54) is 11.3 Å².